The highest BCUT2D eigenvalue weighted by molar-refractivity contribution is 9.09. The van der Waals surface area contributed by atoms with E-state index in [1.54, 1.807) is 17.3 Å². The number of carbonyl (C=O) groups is 1. The van der Waals surface area contributed by atoms with Crippen LogP contribution >= 0.6 is 15.9 Å². The van der Waals surface area contributed by atoms with Crippen molar-refractivity contribution in [2.24, 2.45) is 0 Å². The van der Waals surface area contributed by atoms with E-state index >= 15 is 0 Å². The van der Waals surface area contributed by atoms with E-state index in [4.69, 9.17) is 4.74 Å². The molecule has 2 heterocycles. The number of halogens is 1. The van der Waals surface area contributed by atoms with Gasteiger partial charge in [-0.2, -0.15) is 5.10 Å². The van der Waals surface area contributed by atoms with E-state index in [-0.39, 0.29) is 12.2 Å². The average molecular weight is 246 g/mol. The molecular weight excluding hydrogens is 238 g/mol. The van der Waals surface area contributed by atoms with Gasteiger partial charge < -0.3 is 4.74 Å². The second-order valence-corrected chi connectivity index (χ2v) is 3.37. The molecule has 0 radical (unpaired) electrons. The Morgan fingerprint density at radius 2 is 2.69 bits per heavy atom. The molecule has 0 aromatic carbocycles. The van der Waals surface area contributed by atoms with Gasteiger partial charge in [-0.1, -0.05) is 15.9 Å². The Bertz CT molecular complexity index is 301. The number of carbonyl (C=O) groups excluding carboxylic acids is 1. The predicted octanol–water partition coefficient (Wildman–Crippen LogP) is 1.13. The van der Waals surface area contributed by atoms with Gasteiger partial charge in [0, 0.05) is 11.5 Å². The Kier molecular flexibility index (Phi) is 2.22. The van der Waals surface area contributed by atoms with Gasteiger partial charge >= 0.3 is 6.09 Å². The Hall–Kier alpha value is -1.04. The van der Waals surface area contributed by atoms with Crippen LogP contribution in [0.3, 0.4) is 0 Å². The van der Waals surface area contributed by atoms with E-state index in [2.05, 4.69) is 26.1 Å². The minimum atomic E-state index is -0.314. The lowest BCUT2D eigenvalue weighted by atomic mass is 10.4. The van der Waals surface area contributed by atoms with E-state index in [1.165, 1.54) is 0 Å². The number of hydrogen-bond donors (Lipinski definition) is 1. The number of amides is 1. The lowest BCUT2D eigenvalue weighted by molar-refractivity contribution is 0.152. The van der Waals surface area contributed by atoms with Gasteiger partial charge in [-0.3, -0.25) is 10.00 Å². The topological polar surface area (TPSA) is 58.2 Å². The van der Waals surface area contributed by atoms with Crippen LogP contribution in [0.4, 0.5) is 10.5 Å². The van der Waals surface area contributed by atoms with Crippen molar-refractivity contribution in [3.63, 3.8) is 0 Å². The predicted molar refractivity (Wildman–Crippen MR) is 50.0 cm³/mol. The van der Waals surface area contributed by atoms with E-state index < -0.39 is 0 Å². The number of anilines is 1. The van der Waals surface area contributed by atoms with Gasteiger partial charge in [0.25, 0.3) is 0 Å². The first kappa shape index (κ1) is 8.55. The molecule has 0 saturated carbocycles. The minimum Gasteiger partial charge on any atom is -0.443 e. The Morgan fingerprint density at radius 3 is 3.23 bits per heavy atom. The zero-order valence-electron chi connectivity index (χ0n) is 6.74. The van der Waals surface area contributed by atoms with Crippen molar-refractivity contribution >= 4 is 27.7 Å². The standard InChI is InChI=1S/C7H8BrN3O2/c8-1-6-4-11(7(12)13-6)5-2-9-10-3-5/h2-3,6H,1,4H2,(H,9,10). The Morgan fingerprint density at radius 1 is 1.85 bits per heavy atom. The lowest BCUT2D eigenvalue weighted by Gasteiger charge is -2.07. The second kappa shape index (κ2) is 3.37. The molecule has 0 aliphatic carbocycles. The molecular formula is C7H8BrN3O2. The summed E-state index contributed by atoms with van der Waals surface area (Å²) in [6, 6.07) is 0. The fourth-order valence-corrected chi connectivity index (χ4v) is 1.54. The molecule has 0 spiro atoms. The molecule has 2 rings (SSSR count). The van der Waals surface area contributed by atoms with Gasteiger partial charge in [-0.25, -0.2) is 4.79 Å². The third-order valence-electron chi connectivity index (χ3n) is 1.84. The summed E-state index contributed by atoms with van der Waals surface area (Å²) in [5.41, 5.74) is 0.744. The van der Waals surface area contributed by atoms with Crippen LogP contribution in [-0.4, -0.2) is 34.3 Å². The normalized spacial score (nSPS) is 22.1. The SMILES string of the molecule is O=C1OC(CBr)CN1c1cn[nH]c1. The summed E-state index contributed by atoms with van der Waals surface area (Å²) in [4.78, 5) is 12.8. The number of H-pyrrole nitrogens is 1. The molecule has 1 amide bonds. The highest BCUT2D eigenvalue weighted by atomic mass is 79.9. The number of rotatable bonds is 2. The van der Waals surface area contributed by atoms with Crippen LogP contribution in [-0.2, 0) is 4.74 Å². The van der Waals surface area contributed by atoms with Gasteiger partial charge in [0.2, 0.25) is 0 Å². The summed E-state index contributed by atoms with van der Waals surface area (Å²) in [6.07, 6.45) is 2.88. The van der Waals surface area contributed by atoms with Crippen LogP contribution in [0.5, 0.6) is 0 Å². The Balaban J connectivity index is 2.14. The number of aromatic amines is 1. The number of nitrogens with zero attached hydrogens (tertiary/aromatic N) is 2. The van der Waals surface area contributed by atoms with Crippen LogP contribution in [0.1, 0.15) is 0 Å². The first-order valence-electron chi connectivity index (χ1n) is 3.84. The summed E-state index contributed by atoms with van der Waals surface area (Å²) in [5.74, 6) is 0. The maximum Gasteiger partial charge on any atom is 0.414 e. The van der Waals surface area contributed by atoms with Crippen LogP contribution < -0.4 is 4.90 Å². The molecule has 1 fully saturated rings. The molecule has 13 heavy (non-hydrogen) atoms. The van der Waals surface area contributed by atoms with E-state index in [0.717, 1.165) is 5.69 Å². The van der Waals surface area contributed by atoms with Gasteiger partial charge in [-0.15, -0.1) is 0 Å². The zero-order chi connectivity index (χ0) is 9.26. The number of alkyl halides is 1. The quantitative estimate of drug-likeness (QED) is 0.795. The zero-order valence-corrected chi connectivity index (χ0v) is 8.32. The summed E-state index contributed by atoms with van der Waals surface area (Å²) >= 11 is 3.27. The Labute approximate surface area is 83.2 Å². The minimum absolute atomic E-state index is 0.0672. The highest BCUT2D eigenvalue weighted by Gasteiger charge is 2.31. The van der Waals surface area contributed by atoms with Crippen LogP contribution in [0, 0.1) is 0 Å². The van der Waals surface area contributed by atoms with Gasteiger partial charge in [0.15, 0.2) is 0 Å². The highest BCUT2D eigenvalue weighted by Crippen LogP contribution is 2.20. The number of nitrogens with one attached hydrogen (secondary N) is 1. The van der Waals surface area contributed by atoms with E-state index in [9.17, 15) is 4.79 Å². The number of cyclic esters (lactones) is 1. The van der Waals surface area contributed by atoms with Crippen molar-refractivity contribution in [3.05, 3.63) is 12.4 Å². The average Bonchev–Trinajstić information content (AvgIpc) is 2.72. The van der Waals surface area contributed by atoms with Crippen molar-refractivity contribution in [2.45, 2.75) is 6.10 Å². The number of hydrogen-bond acceptors (Lipinski definition) is 3. The summed E-state index contributed by atoms with van der Waals surface area (Å²) in [6.45, 7) is 0.573. The van der Waals surface area contributed by atoms with Crippen LogP contribution in [0.15, 0.2) is 12.4 Å². The molecule has 6 heteroatoms. The molecule has 0 bridgehead atoms. The van der Waals surface area contributed by atoms with E-state index in [0.29, 0.717) is 11.9 Å². The monoisotopic (exact) mass is 245 g/mol. The van der Waals surface area contributed by atoms with E-state index in [1.807, 2.05) is 0 Å². The molecule has 1 atom stereocenters. The number of aromatic nitrogens is 2. The van der Waals surface area contributed by atoms with Crippen molar-refractivity contribution in [2.75, 3.05) is 16.8 Å². The molecule has 1 aliphatic heterocycles. The van der Waals surface area contributed by atoms with Crippen LogP contribution in [0.25, 0.3) is 0 Å². The molecule has 1 saturated heterocycles. The molecule has 1 N–H and O–H groups in total. The molecule has 5 nitrogen and oxygen atoms in total. The largest absolute Gasteiger partial charge is 0.443 e. The summed E-state index contributed by atoms with van der Waals surface area (Å²) in [7, 11) is 0. The van der Waals surface area contributed by atoms with Crippen molar-refractivity contribution < 1.29 is 9.53 Å². The fraction of sp³-hybridized carbons (Fsp3) is 0.429. The summed E-state index contributed by atoms with van der Waals surface area (Å²) < 4.78 is 5.05. The first-order chi connectivity index (χ1) is 6.31. The van der Waals surface area contributed by atoms with Gasteiger partial charge in [0.05, 0.1) is 18.4 Å². The maximum atomic E-state index is 11.3. The van der Waals surface area contributed by atoms with Crippen molar-refractivity contribution in [1.29, 1.82) is 0 Å². The molecule has 1 unspecified atom stereocenters. The van der Waals surface area contributed by atoms with Crippen molar-refractivity contribution in [3.8, 4) is 0 Å². The van der Waals surface area contributed by atoms with Gasteiger partial charge in [-0.05, 0) is 0 Å². The van der Waals surface area contributed by atoms with Crippen LogP contribution in [0.2, 0.25) is 0 Å². The first-order valence-corrected chi connectivity index (χ1v) is 4.96. The maximum absolute atomic E-state index is 11.3. The smallest absolute Gasteiger partial charge is 0.414 e. The molecule has 70 valence electrons. The third-order valence-corrected chi connectivity index (χ3v) is 2.56. The summed E-state index contributed by atoms with van der Waals surface area (Å²) in [5, 5.41) is 7.07. The second-order valence-electron chi connectivity index (χ2n) is 2.73. The fourth-order valence-electron chi connectivity index (χ4n) is 1.20. The van der Waals surface area contributed by atoms with Crippen molar-refractivity contribution in [1.82, 2.24) is 10.2 Å². The molecule has 1 aromatic rings. The molecule has 1 aromatic heterocycles. The van der Waals surface area contributed by atoms with Gasteiger partial charge in [0.1, 0.15) is 6.10 Å². The lowest BCUT2D eigenvalue weighted by Crippen LogP contribution is -2.24. The third kappa shape index (κ3) is 1.53. The number of ether oxygens (including phenoxy) is 1. The molecule has 1 aliphatic rings.